The lowest BCUT2D eigenvalue weighted by molar-refractivity contribution is -0.116. The van der Waals surface area contributed by atoms with Crippen LogP contribution in [0.15, 0.2) is 42.5 Å². The molecule has 0 saturated carbocycles. The van der Waals surface area contributed by atoms with Crippen molar-refractivity contribution in [1.82, 2.24) is 0 Å². The van der Waals surface area contributed by atoms with Crippen LogP contribution in [0.3, 0.4) is 0 Å². The number of ether oxygens (including phenoxy) is 1. The number of hydrogen-bond donors (Lipinski definition) is 1. The molecule has 0 saturated heterocycles. The van der Waals surface area contributed by atoms with Crippen molar-refractivity contribution < 1.29 is 22.7 Å². The van der Waals surface area contributed by atoms with Crippen LogP contribution in [0.1, 0.15) is 29.8 Å². The summed E-state index contributed by atoms with van der Waals surface area (Å²) in [6.07, 6.45) is 1.03. The molecule has 2 aromatic rings. The number of amides is 1. The van der Waals surface area contributed by atoms with Crippen LogP contribution in [0.4, 0.5) is 11.4 Å². The quantitative estimate of drug-likeness (QED) is 0.666. The van der Waals surface area contributed by atoms with Crippen LogP contribution >= 0.6 is 11.6 Å². The Bertz CT molecular complexity index is 1020. The predicted octanol–water partition coefficient (Wildman–Crippen LogP) is 3.62. The number of rotatable bonds is 7. The Hall–Kier alpha value is -2.58. The van der Waals surface area contributed by atoms with Gasteiger partial charge in [-0.3, -0.25) is 9.10 Å². The molecule has 0 aliphatic heterocycles. The first kappa shape index (κ1) is 22.7. The SMILES string of the molecule is CCOC(=O)c1cccc(NC(=O)C(C)N(c2cc(Cl)ccc2C)S(C)(=O)=O)c1. The van der Waals surface area contributed by atoms with Gasteiger partial charge in [-0.15, -0.1) is 0 Å². The Morgan fingerprint density at radius 1 is 1.21 bits per heavy atom. The van der Waals surface area contributed by atoms with Gasteiger partial charge in [0.15, 0.2) is 0 Å². The minimum Gasteiger partial charge on any atom is -0.462 e. The zero-order valence-electron chi connectivity index (χ0n) is 16.6. The van der Waals surface area contributed by atoms with E-state index in [1.807, 2.05) is 0 Å². The summed E-state index contributed by atoms with van der Waals surface area (Å²) in [4.78, 5) is 24.7. The number of esters is 1. The van der Waals surface area contributed by atoms with Gasteiger partial charge in [-0.2, -0.15) is 0 Å². The van der Waals surface area contributed by atoms with E-state index in [0.717, 1.165) is 10.6 Å². The Morgan fingerprint density at radius 2 is 1.90 bits per heavy atom. The normalized spacial score (nSPS) is 12.2. The molecule has 9 heteroatoms. The molecule has 2 rings (SSSR count). The Kier molecular flexibility index (Phi) is 7.26. The Labute approximate surface area is 175 Å². The Morgan fingerprint density at radius 3 is 2.52 bits per heavy atom. The second-order valence-corrected chi connectivity index (χ2v) is 8.75. The van der Waals surface area contributed by atoms with E-state index in [4.69, 9.17) is 16.3 Å². The highest BCUT2D eigenvalue weighted by atomic mass is 35.5. The fraction of sp³-hybridized carbons (Fsp3) is 0.300. The summed E-state index contributed by atoms with van der Waals surface area (Å²) in [6, 6.07) is 10.0. The number of aryl methyl sites for hydroxylation is 1. The molecule has 0 radical (unpaired) electrons. The van der Waals surface area contributed by atoms with Crippen molar-refractivity contribution in [1.29, 1.82) is 0 Å². The first-order chi connectivity index (χ1) is 13.5. The first-order valence-electron chi connectivity index (χ1n) is 8.88. The van der Waals surface area contributed by atoms with Gasteiger partial charge in [0, 0.05) is 10.7 Å². The fourth-order valence-electron chi connectivity index (χ4n) is 2.79. The number of halogens is 1. The van der Waals surface area contributed by atoms with Crippen LogP contribution in [0.2, 0.25) is 5.02 Å². The standard InChI is InChI=1S/C20H23ClN2O5S/c1-5-28-20(25)15-7-6-8-17(11-15)22-19(24)14(3)23(29(4,26)27)18-12-16(21)10-9-13(18)2/h6-12,14H,5H2,1-4H3,(H,22,24). The maximum Gasteiger partial charge on any atom is 0.338 e. The van der Waals surface area contributed by atoms with Gasteiger partial charge in [0.1, 0.15) is 6.04 Å². The molecular weight excluding hydrogens is 416 g/mol. The largest absolute Gasteiger partial charge is 0.462 e. The number of hydrogen-bond acceptors (Lipinski definition) is 5. The molecule has 156 valence electrons. The van der Waals surface area contributed by atoms with E-state index in [2.05, 4.69) is 5.32 Å². The van der Waals surface area contributed by atoms with Crippen molar-refractivity contribution >= 4 is 44.9 Å². The van der Waals surface area contributed by atoms with Gasteiger partial charge < -0.3 is 10.1 Å². The molecule has 1 amide bonds. The van der Waals surface area contributed by atoms with E-state index in [1.165, 1.54) is 19.1 Å². The monoisotopic (exact) mass is 438 g/mol. The lowest BCUT2D eigenvalue weighted by atomic mass is 10.1. The highest BCUT2D eigenvalue weighted by Gasteiger charge is 2.30. The molecule has 0 aliphatic carbocycles. The molecular formula is C20H23ClN2O5S. The number of benzene rings is 2. The molecule has 1 atom stereocenters. The number of sulfonamides is 1. The van der Waals surface area contributed by atoms with Crippen LogP contribution in [0, 0.1) is 6.92 Å². The highest BCUT2D eigenvalue weighted by molar-refractivity contribution is 7.92. The van der Waals surface area contributed by atoms with Crippen LogP contribution in [0.5, 0.6) is 0 Å². The molecule has 7 nitrogen and oxygen atoms in total. The van der Waals surface area contributed by atoms with Gasteiger partial charge in [0.05, 0.1) is 24.1 Å². The maximum atomic E-state index is 12.8. The third-order valence-electron chi connectivity index (χ3n) is 4.14. The summed E-state index contributed by atoms with van der Waals surface area (Å²) in [5, 5.41) is 3.01. The predicted molar refractivity (Wildman–Crippen MR) is 114 cm³/mol. The van der Waals surface area contributed by atoms with Crippen molar-refractivity contribution in [3.63, 3.8) is 0 Å². The molecule has 0 aromatic heterocycles. The molecule has 0 bridgehead atoms. The van der Waals surface area contributed by atoms with Crippen LogP contribution in [-0.4, -0.2) is 39.2 Å². The van der Waals surface area contributed by atoms with E-state index >= 15 is 0 Å². The molecule has 2 aromatic carbocycles. The summed E-state index contributed by atoms with van der Waals surface area (Å²) in [5.41, 5.74) is 1.61. The van der Waals surface area contributed by atoms with E-state index in [-0.39, 0.29) is 12.2 Å². The topological polar surface area (TPSA) is 92.8 Å². The van der Waals surface area contributed by atoms with Crippen molar-refractivity contribution in [2.24, 2.45) is 0 Å². The van der Waals surface area contributed by atoms with Gasteiger partial charge in [-0.05, 0) is 56.7 Å². The zero-order valence-corrected chi connectivity index (χ0v) is 18.2. The second kappa shape index (κ2) is 9.28. The van der Waals surface area contributed by atoms with Crippen LogP contribution < -0.4 is 9.62 Å². The lowest BCUT2D eigenvalue weighted by Gasteiger charge is -2.29. The van der Waals surface area contributed by atoms with Gasteiger partial charge in [-0.25, -0.2) is 13.2 Å². The van der Waals surface area contributed by atoms with E-state index in [9.17, 15) is 18.0 Å². The zero-order chi connectivity index (χ0) is 21.8. The average Bonchev–Trinajstić information content (AvgIpc) is 2.64. The summed E-state index contributed by atoms with van der Waals surface area (Å²) in [6.45, 7) is 5.14. The maximum absolute atomic E-state index is 12.8. The van der Waals surface area contributed by atoms with Crippen LogP contribution in [-0.2, 0) is 19.6 Å². The smallest absolute Gasteiger partial charge is 0.338 e. The molecule has 29 heavy (non-hydrogen) atoms. The molecule has 0 heterocycles. The number of nitrogens with one attached hydrogen (secondary N) is 1. The molecule has 1 N–H and O–H groups in total. The van der Waals surface area contributed by atoms with Gasteiger partial charge in [0.2, 0.25) is 15.9 Å². The summed E-state index contributed by atoms with van der Waals surface area (Å²) < 4.78 is 30.9. The number of carbonyl (C=O) groups excluding carboxylic acids is 2. The van der Waals surface area contributed by atoms with Crippen LogP contribution in [0.25, 0.3) is 0 Å². The van der Waals surface area contributed by atoms with E-state index < -0.39 is 27.9 Å². The summed E-state index contributed by atoms with van der Waals surface area (Å²) >= 11 is 6.03. The van der Waals surface area contributed by atoms with Gasteiger partial charge in [0.25, 0.3) is 0 Å². The summed E-state index contributed by atoms with van der Waals surface area (Å²) in [5.74, 6) is -1.07. The number of carbonyl (C=O) groups is 2. The minimum atomic E-state index is -3.78. The minimum absolute atomic E-state index is 0.231. The molecule has 0 fully saturated rings. The van der Waals surface area contributed by atoms with E-state index in [0.29, 0.717) is 22.0 Å². The van der Waals surface area contributed by atoms with Crippen molar-refractivity contribution in [3.05, 3.63) is 58.6 Å². The van der Waals surface area contributed by atoms with Crippen molar-refractivity contribution in [2.75, 3.05) is 22.5 Å². The number of anilines is 2. The van der Waals surface area contributed by atoms with Gasteiger partial charge >= 0.3 is 5.97 Å². The summed E-state index contributed by atoms with van der Waals surface area (Å²) in [7, 11) is -3.78. The highest BCUT2D eigenvalue weighted by Crippen LogP contribution is 2.28. The Balaban J connectivity index is 2.32. The third kappa shape index (κ3) is 5.71. The van der Waals surface area contributed by atoms with Crippen molar-refractivity contribution in [2.45, 2.75) is 26.8 Å². The average molecular weight is 439 g/mol. The first-order valence-corrected chi connectivity index (χ1v) is 11.1. The third-order valence-corrected chi connectivity index (χ3v) is 5.60. The molecule has 0 aliphatic rings. The second-order valence-electron chi connectivity index (χ2n) is 6.46. The molecule has 0 spiro atoms. The van der Waals surface area contributed by atoms with E-state index in [1.54, 1.807) is 44.2 Å². The van der Waals surface area contributed by atoms with Crippen molar-refractivity contribution in [3.8, 4) is 0 Å². The van der Waals surface area contributed by atoms with Gasteiger partial charge in [-0.1, -0.05) is 23.7 Å². The lowest BCUT2D eigenvalue weighted by Crippen LogP contribution is -2.45. The number of nitrogens with zero attached hydrogens (tertiary/aromatic N) is 1. The molecule has 1 unspecified atom stereocenters. The fourth-order valence-corrected chi connectivity index (χ4v) is 4.18.